The van der Waals surface area contributed by atoms with E-state index in [1.807, 2.05) is 18.2 Å². The topological polar surface area (TPSA) is 160 Å². The summed E-state index contributed by atoms with van der Waals surface area (Å²) in [5.41, 5.74) is 1.99. The molecule has 3 aromatic rings. The molecular weight excluding hydrogens is 846 g/mol. The largest absolute Gasteiger partial charge is 0.497 e. The van der Waals surface area contributed by atoms with Gasteiger partial charge in [0.1, 0.15) is 17.2 Å². The Balaban J connectivity index is 1.98. The number of phosphoric acid groups is 1. The van der Waals surface area contributed by atoms with Crippen molar-refractivity contribution in [3.8, 4) is 17.2 Å². The lowest BCUT2D eigenvalue weighted by atomic mass is 10.1. The van der Waals surface area contributed by atoms with E-state index in [-0.39, 0.29) is 37.5 Å². The Morgan fingerprint density at radius 3 is 0.985 bits per heavy atom. The first-order chi connectivity index (χ1) is 31.6. The Morgan fingerprint density at radius 2 is 0.723 bits per heavy atom. The predicted molar refractivity (Wildman–Crippen MR) is 257 cm³/mol. The van der Waals surface area contributed by atoms with E-state index in [2.05, 4.69) is 36.7 Å². The zero-order valence-electron chi connectivity index (χ0n) is 40.0. The number of methoxy groups -OCH3 is 3. The summed E-state index contributed by atoms with van der Waals surface area (Å²) >= 11 is 0. The molecule has 0 bridgehead atoms. The second kappa shape index (κ2) is 32.3. The lowest BCUT2D eigenvalue weighted by Crippen LogP contribution is -2.33. The molecule has 3 aromatic carbocycles. The number of benzene rings is 3. The summed E-state index contributed by atoms with van der Waals surface area (Å²) in [6.07, 6.45) is 15.7. The van der Waals surface area contributed by atoms with E-state index in [0.29, 0.717) is 53.2 Å². The van der Waals surface area contributed by atoms with Crippen molar-refractivity contribution in [2.45, 2.75) is 154 Å². The molecule has 0 radical (unpaired) electrons. The van der Waals surface area contributed by atoms with E-state index in [4.69, 9.17) is 27.8 Å². The molecule has 0 aromatic heterocycles. The van der Waals surface area contributed by atoms with Gasteiger partial charge in [0.2, 0.25) is 17.7 Å². The molecule has 0 aliphatic rings. The maximum absolute atomic E-state index is 15.2. The molecule has 0 spiro atoms. The van der Waals surface area contributed by atoms with Gasteiger partial charge in [0.15, 0.2) is 0 Å². The van der Waals surface area contributed by atoms with Crippen LogP contribution in [0.3, 0.4) is 0 Å². The van der Waals surface area contributed by atoms with Crippen molar-refractivity contribution >= 4 is 25.5 Å². The van der Waals surface area contributed by atoms with Crippen LogP contribution in [0.15, 0.2) is 72.8 Å². The Labute approximate surface area is 389 Å². The van der Waals surface area contributed by atoms with Gasteiger partial charge < -0.3 is 30.2 Å². The summed E-state index contributed by atoms with van der Waals surface area (Å²) in [6.45, 7) is 5.55. The fourth-order valence-corrected chi connectivity index (χ4v) is 8.53. The van der Waals surface area contributed by atoms with Gasteiger partial charge in [-0.15, -0.1) is 0 Å². The van der Waals surface area contributed by atoms with Crippen LogP contribution in [-0.2, 0) is 32.5 Å². The molecule has 3 rings (SSSR count). The number of ether oxygens (including phenoxy) is 3. The van der Waals surface area contributed by atoms with Crippen molar-refractivity contribution < 1.29 is 46.7 Å². The van der Waals surface area contributed by atoms with E-state index in [1.54, 1.807) is 75.9 Å². The maximum atomic E-state index is 15.2. The zero-order valence-corrected chi connectivity index (χ0v) is 40.9. The lowest BCUT2D eigenvalue weighted by molar-refractivity contribution is -0.123. The number of rotatable bonds is 36. The molecule has 13 nitrogen and oxygen atoms in total. The van der Waals surface area contributed by atoms with Crippen LogP contribution in [0, 0.1) is 0 Å². The fraction of sp³-hybridized carbons (Fsp3) is 0.588. The van der Waals surface area contributed by atoms with Gasteiger partial charge in [0.25, 0.3) is 0 Å². The van der Waals surface area contributed by atoms with E-state index >= 15 is 4.57 Å². The number of hydrogen-bond acceptors (Lipinski definition) is 10. The Bertz CT molecular complexity index is 1650. The molecule has 0 saturated heterocycles. The van der Waals surface area contributed by atoms with Crippen LogP contribution in [0.4, 0.5) is 0 Å². The second-order valence-corrected chi connectivity index (χ2v) is 18.2. The molecule has 14 heteroatoms. The predicted octanol–water partition coefficient (Wildman–Crippen LogP) is 11.8. The third-order valence-electron chi connectivity index (χ3n) is 11.2. The second-order valence-electron chi connectivity index (χ2n) is 16.5. The Hall–Kier alpha value is -4.42. The molecule has 0 unspecified atom stereocenters. The van der Waals surface area contributed by atoms with Crippen LogP contribution >= 0.6 is 7.82 Å². The molecule has 362 valence electrons. The van der Waals surface area contributed by atoms with Crippen molar-refractivity contribution in [2.24, 2.45) is 0 Å². The van der Waals surface area contributed by atoms with Crippen molar-refractivity contribution in [3.63, 3.8) is 0 Å². The number of phosphoric ester groups is 1. The number of carbonyl (C=O) groups is 3. The minimum absolute atomic E-state index is 0.180. The van der Waals surface area contributed by atoms with Gasteiger partial charge in [-0.2, -0.15) is 0 Å². The quantitative estimate of drug-likeness (QED) is 0.0378. The number of amides is 3. The Kier molecular flexibility index (Phi) is 27.3. The van der Waals surface area contributed by atoms with Gasteiger partial charge in [-0.25, -0.2) is 4.57 Å². The highest BCUT2D eigenvalue weighted by atomic mass is 31.2. The van der Waals surface area contributed by atoms with Crippen molar-refractivity contribution in [2.75, 3.05) is 41.2 Å². The first kappa shape index (κ1) is 54.9. The number of carbonyl (C=O) groups excluding carboxylic acids is 3. The lowest BCUT2D eigenvalue weighted by Gasteiger charge is -2.27. The van der Waals surface area contributed by atoms with Crippen LogP contribution in [0.2, 0.25) is 0 Å². The van der Waals surface area contributed by atoms with Gasteiger partial charge in [-0.3, -0.25) is 28.0 Å². The van der Waals surface area contributed by atoms with Gasteiger partial charge in [-0.05, 0) is 72.4 Å². The molecule has 0 fully saturated rings. The zero-order chi connectivity index (χ0) is 47.1. The standard InChI is InChI=1S/C51H78N3O10P/c1-7-10-13-16-19-31-49(55)52-46(40-25-22-28-43(34-40)59-4)37-62-65(58,63-38-47(41-26-23-29-44(35-41)60-5)53-50(56)32-20-17-14-11-8-2)64-39-48(42-27-24-30-45(36-42)61-6)54-51(57)33-21-18-15-12-9-3/h22-30,34-36,46-48H,7-21,31-33,37-39H2,1-6H3,(H,52,55)(H,53,56)(H,54,57)/t46-,47-,48-/m0/s1. The van der Waals surface area contributed by atoms with Crippen LogP contribution < -0.4 is 30.2 Å². The number of hydrogen-bond donors (Lipinski definition) is 3. The van der Waals surface area contributed by atoms with E-state index in [9.17, 15) is 14.4 Å². The molecule has 0 aliphatic carbocycles. The highest BCUT2D eigenvalue weighted by Gasteiger charge is 2.33. The molecule has 0 heterocycles. The van der Waals surface area contributed by atoms with Gasteiger partial charge >= 0.3 is 7.82 Å². The van der Waals surface area contributed by atoms with E-state index in [1.165, 1.54) is 0 Å². The van der Waals surface area contributed by atoms with Gasteiger partial charge in [0, 0.05) is 19.3 Å². The maximum Gasteiger partial charge on any atom is 0.475 e. The van der Waals surface area contributed by atoms with Crippen molar-refractivity contribution in [3.05, 3.63) is 89.5 Å². The molecule has 3 amide bonds. The fourth-order valence-electron chi connectivity index (χ4n) is 7.31. The smallest absolute Gasteiger partial charge is 0.475 e. The summed E-state index contributed by atoms with van der Waals surface area (Å²) < 4.78 is 50.4. The summed E-state index contributed by atoms with van der Waals surface area (Å²) in [6, 6.07) is 19.4. The normalized spacial score (nSPS) is 12.8. The molecule has 65 heavy (non-hydrogen) atoms. The van der Waals surface area contributed by atoms with Gasteiger partial charge in [-0.1, -0.05) is 134 Å². The molecule has 3 N–H and O–H groups in total. The Morgan fingerprint density at radius 1 is 0.446 bits per heavy atom. The van der Waals surface area contributed by atoms with E-state index < -0.39 is 25.9 Å². The molecule has 0 aliphatic heterocycles. The molecule has 0 saturated carbocycles. The summed E-state index contributed by atoms with van der Waals surface area (Å²) in [5, 5.41) is 9.23. The third kappa shape index (κ3) is 22.1. The van der Waals surface area contributed by atoms with Crippen LogP contribution in [0.25, 0.3) is 0 Å². The highest BCUT2D eigenvalue weighted by molar-refractivity contribution is 7.48. The van der Waals surface area contributed by atoms with E-state index in [0.717, 1.165) is 96.3 Å². The number of nitrogens with one attached hydrogen (secondary N) is 3. The van der Waals surface area contributed by atoms with Gasteiger partial charge in [0.05, 0.1) is 59.3 Å². The van der Waals surface area contributed by atoms with Crippen LogP contribution in [-0.4, -0.2) is 58.9 Å². The minimum atomic E-state index is -4.58. The summed E-state index contributed by atoms with van der Waals surface area (Å²) in [5.74, 6) is 1.17. The average molecular weight is 924 g/mol. The number of unbranched alkanes of at least 4 members (excludes halogenated alkanes) is 12. The highest BCUT2D eigenvalue weighted by Crippen LogP contribution is 2.51. The SMILES string of the molecule is CCCCCCCC(=O)N[C@@H](COP(=O)(OC[C@H](NC(=O)CCCCCCC)c1cccc(OC)c1)OC[C@H](NC(=O)CCCCCCC)c1cccc(OC)c1)c1cccc(OC)c1. The molecular formula is C51H78N3O10P. The monoisotopic (exact) mass is 924 g/mol. The summed E-state index contributed by atoms with van der Waals surface area (Å²) in [4.78, 5) is 40.2. The minimum Gasteiger partial charge on any atom is -0.497 e. The third-order valence-corrected chi connectivity index (χ3v) is 12.6. The first-order valence-electron chi connectivity index (χ1n) is 23.9. The van der Waals surface area contributed by atoms with Crippen molar-refractivity contribution in [1.82, 2.24) is 16.0 Å². The molecule has 3 atom stereocenters. The van der Waals surface area contributed by atoms with Crippen molar-refractivity contribution in [1.29, 1.82) is 0 Å². The summed E-state index contributed by atoms with van der Waals surface area (Å²) in [7, 11) is 0.0987. The average Bonchev–Trinajstić information content (AvgIpc) is 3.32. The van der Waals surface area contributed by atoms with Crippen LogP contribution in [0.1, 0.15) is 171 Å². The first-order valence-corrected chi connectivity index (χ1v) is 25.4. The van der Waals surface area contributed by atoms with Crippen LogP contribution in [0.5, 0.6) is 17.2 Å².